The van der Waals surface area contributed by atoms with Crippen LogP contribution < -0.4 is 0 Å². The van der Waals surface area contributed by atoms with Gasteiger partial charge in [0.25, 0.3) is 0 Å². The van der Waals surface area contributed by atoms with E-state index in [1.807, 2.05) is 17.7 Å². The Labute approximate surface area is 91.4 Å². The largest absolute Gasteiger partial charge is 0.281 e. The molecule has 0 atom stereocenters. The minimum atomic E-state index is 0.441. The molecule has 0 aliphatic carbocycles. The quantitative estimate of drug-likeness (QED) is 0.739. The Morgan fingerprint density at radius 1 is 1.50 bits per heavy atom. The van der Waals surface area contributed by atoms with Gasteiger partial charge in [-0.3, -0.25) is 4.57 Å². The fraction of sp³-hybridized carbons (Fsp3) is 0.333. The van der Waals surface area contributed by atoms with Crippen molar-refractivity contribution < 1.29 is 0 Å². The molecule has 2 heterocycles. The minimum Gasteiger partial charge on any atom is -0.281 e. The summed E-state index contributed by atoms with van der Waals surface area (Å²) in [6, 6.07) is 0. The Hall–Kier alpha value is -0.870. The number of thiazole rings is 1. The number of nitrogens with zero attached hydrogens (tertiary/aromatic N) is 3. The van der Waals surface area contributed by atoms with E-state index in [4.69, 9.17) is 11.6 Å². The lowest BCUT2D eigenvalue weighted by Gasteiger charge is -1.92. The summed E-state index contributed by atoms with van der Waals surface area (Å²) in [6.45, 7) is 4.07. The van der Waals surface area contributed by atoms with E-state index in [1.54, 1.807) is 17.7 Å². The number of aromatic nitrogens is 3. The molecule has 14 heavy (non-hydrogen) atoms. The standard InChI is InChI=1S/C9H10ClN3S/c1-6-7(2)14-9(12-6)13-4-8(3-10)11-5-13/h4-5H,3H2,1-2H3. The van der Waals surface area contributed by atoms with Gasteiger partial charge in [-0.2, -0.15) is 0 Å². The number of rotatable bonds is 2. The molecule has 0 aliphatic heterocycles. The number of alkyl halides is 1. The van der Waals surface area contributed by atoms with Gasteiger partial charge in [-0.1, -0.05) is 0 Å². The monoisotopic (exact) mass is 227 g/mol. The Morgan fingerprint density at radius 3 is 2.79 bits per heavy atom. The van der Waals surface area contributed by atoms with E-state index < -0.39 is 0 Å². The zero-order chi connectivity index (χ0) is 10.1. The van der Waals surface area contributed by atoms with E-state index in [-0.39, 0.29) is 0 Å². The summed E-state index contributed by atoms with van der Waals surface area (Å²) in [5, 5.41) is 0.948. The van der Waals surface area contributed by atoms with Crippen molar-refractivity contribution in [2.75, 3.05) is 0 Å². The van der Waals surface area contributed by atoms with Gasteiger partial charge in [0.15, 0.2) is 5.13 Å². The first-order chi connectivity index (χ1) is 6.70. The van der Waals surface area contributed by atoms with Crippen molar-refractivity contribution in [3.05, 3.63) is 28.8 Å². The molecule has 2 aromatic heterocycles. The van der Waals surface area contributed by atoms with Crippen LogP contribution in [0.25, 0.3) is 5.13 Å². The highest BCUT2D eigenvalue weighted by molar-refractivity contribution is 7.14. The molecule has 2 aromatic rings. The predicted octanol–water partition coefficient (Wildman–Crippen LogP) is 2.68. The van der Waals surface area contributed by atoms with E-state index in [0.717, 1.165) is 16.5 Å². The third-order valence-corrected chi connectivity index (χ3v) is 3.37. The van der Waals surface area contributed by atoms with Gasteiger partial charge in [-0.05, 0) is 13.8 Å². The molecule has 0 N–H and O–H groups in total. The number of imidazole rings is 1. The van der Waals surface area contributed by atoms with Crippen LogP contribution in [0.2, 0.25) is 0 Å². The van der Waals surface area contributed by atoms with Gasteiger partial charge in [0, 0.05) is 11.1 Å². The molecular weight excluding hydrogens is 218 g/mol. The van der Waals surface area contributed by atoms with Gasteiger partial charge in [0.1, 0.15) is 6.33 Å². The Kier molecular flexibility index (Phi) is 2.56. The van der Waals surface area contributed by atoms with Gasteiger partial charge < -0.3 is 0 Å². The maximum Gasteiger partial charge on any atom is 0.195 e. The fourth-order valence-electron chi connectivity index (χ4n) is 1.10. The highest BCUT2D eigenvalue weighted by Crippen LogP contribution is 2.20. The van der Waals surface area contributed by atoms with E-state index in [2.05, 4.69) is 16.9 Å². The first kappa shape index (κ1) is 9.68. The zero-order valence-electron chi connectivity index (χ0n) is 7.99. The van der Waals surface area contributed by atoms with Crippen molar-refractivity contribution >= 4 is 22.9 Å². The van der Waals surface area contributed by atoms with Gasteiger partial charge in [0.2, 0.25) is 0 Å². The molecule has 3 nitrogen and oxygen atoms in total. The maximum absolute atomic E-state index is 5.67. The summed E-state index contributed by atoms with van der Waals surface area (Å²) in [5.41, 5.74) is 1.95. The summed E-state index contributed by atoms with van der Waals surface area (Å²) < 4.78 is 1.91. The molecule has 0 spiro atoms. The molecule has 0 radical (unpaired) electrons. The number of halogens is 1. The van der Waals surface area contributed by atoms with Crippen molar-refractivity contribution in [2.24, 2.45) is 0 Å². The third kappa shape index (κ3) is 1.67. The van der Waals surface area contributed by atoms with Crippen LogP contribution in [0.4, 0.5) is 0 Å². The van der Waals surface area contributed by atoms with Gasteiger partial charge in [-0.25, -0.2) is 9.97 Å². The van der Waals surface area contributed by atoms with Crippen molar-refractivity contribution in [3.63, 3.8) is 0 Å². The Balaban J connectivity index is 2.39. The van der Waals surface area contributed by atoms with Crippen LogP contribution in [0.3, 0.4) is 0 Å². The van der Waals surface area contributed by atoms with Crippen molar-refractivity contribution in [1.82, 2.24) is 14.5 Å². The van der Waals surface area contributed by atoms with Crippen LogP contribution in [-0.2, 0) is 5.88 Å². The van der Waals surface area contributed by atoms with Crippen LogP contribution in [0.5, 0.6) is 0 Å². The Bertz CT molecular complexity index is 427. The van der Waals surface area contributed by atoms with Gasteiger partial charge in [0.05, 0.1) is 17.3 Å². The molecule has 0 saturated carbocycles. The zero-order valence-corrected chi connectivity index (χ0v) is 9.56. The van der Waals surface area contributed by atoms with E-state index in [1.165, 1.54) is 4.88 Å². The normalized spacial score (nSPS) is 10.8. The molecular formula is C9H10ClN3S. The average Bonchev–Trinajstić information content (AvgIpc) is 2.74. The second-order valence-corrected chi connectivity index (χ2v) is 4.49. The summed E-state index contributed by atoms with van der Waals surface area (Å²) in [6.07, 6.45) is 3.65. The first-order valence-corrected chi connectivity index (χ1v) is 5.59. The predicted molar refractivity (Wildman–Crippen MR) is 58.3 cm³/mol. The summed E-state index contributed by atoms with van der Waals surface area (Å²) in [5.74, 6) is 0.441. The lowest BCUT2D eigenvalue weighted by Crippen LogP contribution is -1.88. The number of aryl methyl sites for hydroxylation is 2. The highest BCUT2D eigenvalue weighted by atomic mass is 35.5. The van der Waals surface area contributed by atoms with Crippen molar-refractivity contribution in [1.29, 1.82) is 0 Å². The second-order valence-electron chi connectivity index (χ2n) is 3.04. The van der Waals surface area contributed by atoms with Crippen LogP contribution in [0.1, 0.15) is 16.3 Å². The highest BCUT2D eigenvalue weighted by Gasteiger charge is 2.06. The van der Waals surface area contributed by atoms with Crippen molar-refractivity contribution in [2.45, 2.75) is 19.7 Å². The van der Waals surface area contributed by atoms with E-state index in [9.17, 15) is 0 Å². The van der Waals surface area contributed by atoms with Crippen LogP contribution >= 0.6 is 22.9 Å². The SMILES string of the molecule is Cc1nc(-n2cnc(CCl)c2)sc1C. The molecule has 0 fully saturated rings. The van der Waals surface area contributed by atoms with E-state index >= 15 is 0 Å². The molecule has 0 amide bonds. The lowest BCUT2D eigenvalue weighted by atomic mass is 10.4. The number of hydrogen-bond acceptors (Lipinski definition) is 3. The van der Waals surface area contributed by atoms with Crippen LogP contribution in [-0.4, -0.2) is 14.5 Å². The molecule has 0 aromatic carbocycles. The molecule has 0 unspecified atom stereocenters. The average molecular weight is 228 g/mol. The first-order valence-electron chi connectivity index (χ1n) is 4.24. The minimum absolute atomic E-state index is 0.441. The Morgan fingerprint density at radius 2 is 2.29 bits per heavy atom. The van der Waals surface area contributed by atoms with Gasteiger partial charge >= 0.3 is 0 Å². The maximum atomic E-state index is 5.67. The molecule has 2 rings (SSSR count). The molecule has 0 bridgehead atoms. The summed E-state index contributed by atoms with van der Waals surface area (Å²) in [4.78, 5) is 9.81. The smallest absolute Gasteiger partial charge is 0.195 e. The topological polar surface area (TPSA) is 30.7 Å². The molecule has 74 valence electrons. The molecule has 0 saturated heterocycles. The van der Waals surface area contributed by atoms with E-state index in [0.29, 0.717) is 5.88 Å². The second kappa shape index (κ2) is 3.71. The van der Waals surface area contributed by atoms with Crippen LogP contribution in [0, 0.1) is 13.8 Å². The molecule has 0 aliphatic rings. The third-order valence-electron chi connectivity index (χ3n) is 2.01. The van der Waals surface area contributed by atoms with Crippen LogP contribution in [0.15, 0.2) is 12.5 Å². The summed E-state index contributed by atoms with van der Waals surface area (Å²) in [7, 11) is 0. The van der Waals surface area contributed by atoms with Gasteiger partial charge in [-0.15, -0.1) is 22.9 Å². The summed E-state index contributed by atoms with van der Waals surface area (Å²) >= 11 is 7.33. The lowest BCUT2D eigenvalue weighted by molar-refractivity contribution is 1.02. The molecule has 5 heteroatoms. The fourth-order valence-corrected chi connectivity index (χ4v) is 2.10. The number of hydrogen-bond donors (Lipinski definition) is 0. The van der Waals surface area contributed by atoms with Crippen molar-refractivity contribution in [3.8, 4) is 5.13 Å².